The maximum absolute atomic E-state index is 12.9. The SMILES string of the molecule is Cc1cc(C)c(NC(=O)CN2C(=O)S/C(=C/c3ccc(OCc4ccc(Cl)cc4Cl)cc3)C2=O)c(C)c1. The van der Waals surface area contributed by atoms with E-state index in [1.807, 2.05) is 32.9 Å². The van der Waals surface area contributed by atoms with E-state index in [1.165, 1.54) is 0 Å². The average molecular weight is 555 g/mol. The Morgan fingerprint density at radius 3 is 2.32 bits per heavy atom. The van der Waals surface area contributed by atoms with E-state index < -0.39 is 17.1 Å². The summed E-state index contributed by atoms with van der Waals surface area (Å²) in [5, 5.41) is 3.43. The lowest BCUT2D eigenvalue weighted by Crippen LogP contribution is -2.36. The van der Waals surface area contributed by atoms with Crippen molar-refractivity contribution in [3.05, 3.63) is 97.4 Å². The van der Waals surface area contributed by atoms with Crippen molar-refractivity contribution in [2.75, 3.05) is 11.9 Å². The van der Waals surface area contributed by atoms with Crippen molar-refractivity contribution in [3.63, 3.8) is 0 Å². The molecule has 4 rings (SSSR count). The minimum absolute atomic E-state index is 0.252. The number of hydrogen-bond donors (Lipinski definition) is 1. The van der Waals surface area contributed by atoms with Gasteiger partial charge < -0.3 is 10.1 Å². The highest BCUT2D eigenvalue weighted by molar-refractivity contribution is 8.18. The van der Waals surface area contributed by atoms with Gasteiger partial charge in [-0.1, -0.05) is 59.1 Å². The van der Waals surface area contributed by atoms with Crippen molar-refractivity contribution < 1.29 is 19.1 Å². The van der Waals surface area contributed by atoms with Gasteiger partial charge in [0.1, 0.15) is 18.9 Å². The van der Waals surface area contributed by atoms with Crippen LogP contribution in [0.5, 0.6) is 5.75 Å². The molecule has 1 aliphatic heterocycles. The Morgan fingerprint density at radius 1 is 1.00 bits per heavy atom. The lowest BCUT2D eigenvalue weighted by atomic mass is 10.1. The predicted molar refractivity (Wildman–Crippen MR) is 149 cm³/mol. The molecule has 3 aromatic carbocycles. The number of carbonyl (C=O) groups excluding carboxylic acids is 3. The number of hydrogen-bond acceptors (Lipinski definition) is 5. The molecule has 0 unspecified atom stereocenters. The average Bonchev–Trinajstić information content (AvgIpc) is 3.09. The van der Waals surface area contributed by atoms with Crippen LogP contribution in [0.15, 0.2) is 59.5 Å². The Labute approximate surface area is 229 Å². The first-order chi connectivity index (χ1) is 17.6. The maximum Gasteiger partial charge on any atom is 0.294 e. The topological polar surface area (TPSA) is 75.7 Å². The van der Waals surface area contributed by atoms with E-state index in [0.717, 1.165) is 44.5 Å². The first-order valence-electron chi connectivity index (χ1n) is 11.4. The second-order valence-electron chi connectivity index (χ2n) is 8.68. The molecule has 0 aromatic heterocycles. The number of nitrogens with zero attached hydrogens (tertiary/aromatic N) is 1. The van der Waals surface area contributed by atoms with Crippen LogP contribution >= 0.6 is 35.0 Å². The molecule has 0 radical (unpaired) electrons. The number of ether oxygens (including phenoxy) is 1. The zero-order valence-electron chi connectivity index (χ0n) is 20.4. The Morgan fingerprint density at radius 2 is 1.68 bits per heavy atom. The summed E-state index contributed by atoms with van der Waals surface area (Å²) < 4.78 is 5.78. The van der Waals surface area contributed by atoms with E-state index in [2.05, 4.69) is 5.32 Å². The fraction of sp³-hybridized carbons (Fsp3) is 0.179. The lowest BCUT2D eigenvalue weighted by molar-refractivity contribution is -0.127. The van der Waals surface area contributed by atoms with E-state index in [0.29, 0.717) is 21.5 Å². The molecule has 1 aliphatic rings. The third kappa shape index (κ3) is 6.55. The standard InChI is InChI=1S/C28H24Cl2N2O4S/c1-16-10-17(2)26(18(3)11-16)31-25(33)14-32-27(34)24(37-28(32)35)12-19-4-8-22(9-5-19)36-15-20-6-7-21(29)13-23(20)30/h4-13H,14-15H2,1-3H3,(H,31,33)/b24-12+. The Bertz CT molecular complexity index is 1400. The first kappa shape index (κ1) is 26.8. The number of imide groups is 1. The van der Waals surface area contributed by atoms with Gasteiger partial charge in [-0.3, -0.25) is 19.3 Å². The summed E-state index contributed by atoms with van der Waals surface area (Å²) in [4.78, 5) is 39.2. The molecule has 1 saturated heterocycles. The summed E-state index contributed by atoms with van der Waals surface area (Å²) in [5.74, 6) is -0.310. The molecule has 6 nitrogen and oxygen atoms in total. The number of rotatable bonds is 7. The predicted octanol–water partition coefficient (Wildman–Crippen LogP) is 7.17. The summed E-state index contributed by atoms with van der Waals surface area (Å²) >= 11 is 12.9. The third-order valence-electron chi connectivity index (χ3n) is 5.70. The van der Waals surface area contributed by atoms with Crippen LogP contribution in [0.3, 0.4) is 0 Å². The Balaban J connectivity index is 1.38. The molecular weight excluding hydrogens is 531 g/mol. The van der Waals surface area contributed by atoms with Gasteiger partial charge in [-0.05, 0) is 79.6 Å². The van der Waals surface area contributed by atoms with Crippen molar-refractivity contribution in [3.8, 4) is 5.75 Å². The van der Waals surface area contributed by atoms with Gasteiger partial charge in [-0.2, -0.15) is 0 Å². The van der Waals surface area contributed by atoms with E-state index in [4.69, 9.17) is 27.9 Å². The highest BCUT2D eigenvalue weighted by Gasteiger charge is 2.36. The molecule has 37 heavy (non-hydrogen) atoms. The van der Waals surface area contributed by atoms with Crippen molar-refractivity contribution in [1.29, 1.82) is 0 Å². The zero-order chi connectivity index (χ0) is 26.7. The molecule has 0 bridgehead atoms. The van der Waals surface area contributed by atoms with Crippen LogP contribution in [0.1, 0.15) is 27.8 Å². The zero-order valence-corrected chi connectivity index (χ0v) is 22.8. The number of nitrogens with one attached hydrogen (secondary N) is 1. The summed E-state index contributed by atoms with van der Waals surface area (Å²) in [6, 6.07) is 16.2. The molecule has 9 heteroatoms. The minimum Gasteiger partial charge on any atom is -0.489 e. The molecule has 0 aliphatic carbocycles. The molecular formula is C28H24Cl2N2O4S. The molecule has 190 valence electrons. The molecule has 1 heterocycles. The van der Waals surface area contributed by atoms with Gasteiger partial charge in [-0.15, -0.1) is 0 Å². The first-order valence-corrected chi connectivity index (χ1v) is 13.0. The maximum atomic E-state index is 12.9. The van der Waals surface area contributed by atoms with Gasteiger partial charge in [-0.25, -0.2) is 0 Å². The Kier molecular flexibility index (Phi) is 8.27. The van der Waals surface area contributed by atoms with Crippen molar-refractivity contribution in [2.45, 2.75) is 27.4 Å². The van der Waals surface area contributed by atoms with Crippen molar-refractivity contribution in [2.24, 2.45) is 0 Å². The summed E-state index contributed by atoms with van der Waals surface area (Å²) in [5.41, 5.74) is 5.15. The van der Waals surface area contributed by atoms with Gasteiger partial charge in [0.15, 0.2) is 0 Å². The third-order valence-corrected chi connectivity index (χ3v) is 7.20. The largest absolute Gasteiger partial charge is 0.489 e. The highest BCUT2D eigenvalue weighted by atomic mass is 35.5. The fourth-order valence-corrected chi connectivity index (χ4v) is 5.25. The number of halogens is 2. The number of thioether (sulfide) groups is 1. The van der Waals surface area contributed by atoms with E-state index in [1.54, 1.807) is 48.5 Å². The molecule has 0 saturated carbocycles. The second kappa shape index (κ2) is 11.4. The number of carbonyl (C=O) groups is 3. The molecule has 3 aromatic rings. The summed E-state index contributed by atoms with van der Waals surface area (Å²) in [6.45, 7) is 5.71. The number of anilines is 1. The highest BCUT2D eigenvalue weighted by Crippen LogP contribution is 2.33. The van der Waals surface area contributed by atoms with Crippen LogP contribution in [-0.4, -0.2) is 28.5 Å². The monoisotopic (exact) mass is 554 g/mol. The molecule has 0 atom stereocenters. The lowest BCUT2D eigenvalue weighted by Gasteiger charge is -2.15. The molecule has 1 N–H and O–H groups in total. The second-order valence-corrected chi connectivity index (χ2v) is 10.5. The summed E-state index contributed by atoms with van der Waals surface area (Å²) in [6.07, 6.45) is 1.62. The van der Waals surface area contributed by atoms with Crippen molar-refractivity contribution in [1.82, 2.24) is 4.90 Å². The van der Waals surface area contributed by atoms with Gasteiger partial charge in [0, 0.05) is 21.3 Å². The van der Waals surface area contributed by atoms with Gasteiger partial charge in [0.25, 0.3) is 11.1 Å². The normalized spacial score (nSPS) is 14.4. The van der Waals surface area contributed by atoms with Gasteiger partial charge in [0.2, 0.25) is 5.91 Å². The van der Waals surface area contributed by atoms with Crippen LogP contribution in [0.2, 0.25) is 10.0 Å². The Hall–Kier alpha value is -3.26. The smallest absolute Gasteiger partial charge is 0.294 e. The number of aryl methyl sites for hydroxylation is 3. The fourth-order valence-electron chi connectivity index (χ4n) is 3.95. The van der Waals surface area contributed by atoms with Gasteiger partial charge in [0.05, 0.1) is 4.91 Å². The molecule has 3 amide bonds. The van der Waals surface area contributed by atoms with E-state index in [-0.39, 0.29) is 18.1 Å². The van der Waals surface area contributed by atoms with Crippen LogP contribution in [0.25, 0.3) is 6.08 Å². The number of amides is 3. The molecule has 0 spiro atoms. The summed E-state index contributed by atoms with van der Waals surface area (Å²) in [7, 11) is 0. The minimum atomic E-state index is -0.500. The van der Waals surface area contributed by atoms with Crippen LogP contribution in [0, 0.1) is 20.8 Å². The molecule has 1 fully saturated rings. The van der Waals surface area contributed by atoms with E-state index in [9.17, 15) is 14.4 Å². The van der Waals surface area contributed by atoms with Crippen LogP contribution in [-0.2, 0) is 16.2 Å². The van der Waals surface area contributed by atoms with Crippen LogP contribution < -0.4 is 10.1 Å². The van der Waals surface area contributed by atoms with E-state index >= 15 is 0 Å². The number of benzene rings is 3. The quantitative estimate of drug-likeness (QED) is 0.313. The van der Waals surface area contributed by atoms with Crippen molar-refractivity contribution >= 4 is 63.8 Å². The van der Waals surface area contributed by atoms with Gasteiger partial charge >= 0.3 is 0 Å². The van der Waals surface area contributed by atoms with Crippen LogP contribution in [0.4, 0.5) is 10.5 Å².